The van der Waals surface area contributed by atoms with Crippen molar-refractivity contribution in [3.8, 4) is 6.07 Å². The molecule has 0 atom stereocenters. The molecule has 0 saturated carbocycles. The highest BCUT2D eigenvalue weighted by Gasteiger charge is 2.60. The minimum absolute atomic E-state index is 0.00925. The van der Waals surface area contributed by atoms with Crippen LogP contribution in [0.4, 0.5) is 26.3 Å². The molecular formula is C8H8F6N2O. The lowest BCUT2D eigenvalue weighted by Gasteiger charge is -2.21. The zero-order valence-electron chi connectivity index (χ0n) is 8.32. The Bertz CT molecular complexity index is 289. The lowest BCUT2D eigenvalue weighted by Crippen LogP contribution is -2.48. The van der Waals surface area contributed by atoms with E-state index in [1.165, 1.54) is 5.32 Å². The van der Waals surface area contributed by atoms with Crippen molar-refractivity contribution < 1.29 is 31.1 Å². The van der Waals surface area contributed by atoms with Gasteiger partial charge in [0, 0.05) is 13.0 Å². The topological polar surface area (TPSA) is 52.9 Å². The summed E-state index contributed by atoms with van der Waals surface area (Å²) >= 11 is 0. The molecule has 3 nitrogen and oxygen atoms in total. The molecule has 0 fully saturated rings. The van der Waals surface area contributed by atoms with Crippen molar-refractivity contribution in [2.75, 3.05) is 6.54 Å². The Labute approximate surface area is 92.4 Å². The van der Waals surface area contributed by atoms with Gasteiger partial charge in [-0.3, -0.25) is 4.79 Å². The second kappa shape index (κ2) is 5.75. The number of alkyl halides is 6. The lowest BCUT2D eigenvalue weighted by molar-refractivity contribution is -0.274. The third-order valence-corrected chi connectivity index (χ3v) is 1.68. The van der Waals surface area contributed by atoms with E-state index in [0.29, 0.717) is 0 Å². The Kier molecular flexibility index (Phi) is 5.25. The number of nitrogens with one attached hydrogen (secondary N) is 1. The van der Waals surface area contributed by atoms with Crippen molar-refractivity contribution in [2.24, 2.45) is 5.92 Å². The second-order valence-corrected chi connectivity index (χ2v) is 3.07. The van der Waals surface area contributed by atoms with E-state index in [9.17, 15) is 31.1 Å². The molecular weight excluding hydrogens is 254 g/mol. The zero-order valence-corrected chi connectivity index (χ0v) is 8.32. The van der Waals surface area contributed by atoms with Crippen LogP contribution in [0, 0.1) is 17.2 Å². The Morgan fingerprint density at radius 1 is 1.18 bits per heavy atom. The molecule has 0 aliphatic carbocycles. The Morgan fingerprint density at radius 2 is 1.65 bits per heavy atom. The molecule has 0 aromatic rings. The standard InChI is InChI=1S/C8H8F6N2O/c9-7(10,11)5(8(12,13)14)6(17)16-4-2-1-3-15/h5H,1-2,4H2,(H,16,17). The van der Waals surface area contributed by atoms with Gasteiger partial charge in [-0.05, 0) is 6.42 Å². The van der Waals surface area contributed by atoms with Crippen LogP contribution in [-0.2, 0) is 4.79 Å². The number of hydrogen-bond acceptors (Lipinski definition) is 2. The third-order valence-electron chi connectivity index (χ3n) is 1.68. The number of halogens is 6. The molecule has 0 saturated heterocycles. The number of unbranched alkanes of at least 4 members (excludes halogenated alkanes) is 1. The molecule has 0 unspecified atom stereocenters. The minimum Gasteiger partial charge on any atom is -0.355 e. The molecule has 17 heavy (non-hydrogen) atoms. The van der Waals surface area contributed by atoms with E-state index in [1.807, 2.05) is 0 Å². The van der Waals surface area contributed by atoms with Crippen molar-refractivity contribution in [2.45, 2.75) is 25.2 Å². The summed E-state index contributed by atoms with van der Waals surface area (Å²) in [6, 6.07) is 1.64. The van der Waals surface area contributed by atoms with Crippen molar-refractivity contribution >= 4 is 5.91 Å². The molecule has 0 heterocycles. The maximum Gasteiger partial charge on any atom is 0.409 e. The van der Waals surface area contributed by atoms with E-state index < -0.39 is 30.7 Å². The van der Waals surface area contributed by atoms with E-state index in [0.717, 1.165) is 0 Å². The van der Waals surface area contributed by atoms with Crippen LogP contribution in [0.15, 0.2) is 0 Å². The van der Waals surface area contributed by atoms with Gasteiger partial charge in [0.15, 0.2) is 0 Å². The van der Waals surface area contributed by atoms with E-state index in [4.69, 9.17) is 5.26 Å². The molecule has 0 rings (SSSR count). The average molecular weight is 262 g/mol. The van der Waals surface area contributed by atoms with Gasteiger partial charge in [0.05, 0.1) is 6.07 Å². The van der Waals surface area contributed by atoms with Crippen LogP contribution in [0.2, 0.25) is 0 Å². The Balaban J connectivity index is 4.53. The van der Waals surface area contributed by atoms with Crippen LogP contribution >= 0.6 is 0 Å². The second-order valence-electron chi connectivity index (χ2n) is 3.07. The largest absolute Gasteiger partial charge is 0.409 e. The molecule has 0 bridgehead atoms. The highest BCUT2D eigenvalue weighted by molar-refractivity contribution is 5.80. The summed E-state index contributed by atoms with van der Waals surface area (Å²) in [6.45, 7) is -0.408. The van der Waals surface area contributed by atoms with Gasteiger partial charge in [0.1, 0.15) is 0 Å². The first-order chi connectivity index (χ1) is 7.60. The quantitative estimate of drug-likeness (QED) is 0.623. The smallest absolute Gasteiger partial charge is 0.355 e. The molecule has 0 aliphatic rings. The van der Waals surface area contributed by atoms with E-state index in [1.54, 1.807) is 6.07 Å². The van der Waals surface area contributed by atoms with Crippen LogP contribution in [0.25, 0.3) is 0 Å². The van der Waals surface area contributed by atoms with Gasteiger partial charge in [-0.2, -0.15) is 31.6 Å². The molecule has 9 heteroatoms. The Morgan fingerprint density at radius 3 is 2.00 bits per heavy atom. The molecule has 0 aromatic heterocycles. The lowest BCUT2D eigenvalue weighted by atomic mass is 10.1. The fourth-order valence-corrected chi connectivity index (χ4v) is 0.964. The number of amides is 1. The number of hydrogen-bond donors (Lipinski definition) is 1. The van der Waals surface area contributed by atoms with Crippen LogP contribution in [0.1, 0.15) is 12.8 Å². The van der Waals surface area contributed by atoms with Crippen molar-refractivity contribution in [3.05, 3.63) is 0 Å². The fraction of sp³-hybridized carbons (Fsp3) is 0.750. The highest BCUT2D eigenvalue weighted by atomic mass is 19.4. The maximum atomic E-state index is 12.0. The predicted octanol–water partition coefficient (Wildman–Crippen LogP) is 2.15. The first-order valence-electron chi connectivity index (χ1n) is 4.38. The fourth-order valence-electron chi connectivity index (χ4n) is 0.964. The van der Waals surface area contributed by atoms with Gasteiger partial charge in [-0.25, -0.2) is 0 Å². The van der Waals surface area contributed by atoms with E-state index >= 15 is 0 Å². The number of rotatable bonds is 4. The number of nitriles is 1. The van der Waals surface area contributed by atoms with Crippen LogP contribution in [0.5, 0.6) is 0 Å². The molecule has 0 radical (unpaired) electrons. The van der Waals surface area contributed by atoms with Crippen molar-refractivity contribution in [1.82, 2.24) is 5.32 Å². The summed E-state index contributed by atoms with van der Waals surface area (Å²) in [7, 11) is 0. The molecule has 0 spiro atoms. The summed E-state index contributed by atoms with van der Waals surface area (Å²) in [5.41, 5.74) is 0. The molecule has 0 aliphatic heterocycles. The van der Waals surface area contributed by atoms with Gasteiger partial charge in [0.25, 0.3) is 0 Å². The summed E-state index contributed by atoms with van der Waals surface area (Å²) in [5.74, 6) is -6.18. The van der Waals surface area contributed by atoms with Crippen molar-refractivity contribution in [3.63, 3.8) is 0 Å². The highest BCUT2D eigenvalue weighted by Crippen LogP contribution is 2.39. The van der Waals surface area contributed by atoms with Gasteiger partial charge in [0.2, 0.25) is 11.8 Å². The van der Waals surface area contributed by atoms with Gasteiger partial charge < -0.3 is 5.32 Å². The van der Waals surface area contributed by atoms with Gasteiger partial charge in [-0.1, -0.05) is 0 Å². The normalized spacial score (nSPS) is 12.4. The molecule has 1 amide bonds. The number of carbonyl (C=O) groups excluding carboxylic acids is 1. The average Bonchev–Trinajstić information content (AvgIpc) is 2.07. The maximum absolute atomic E-state index is 12.0. The monoisotopic (exact) mass is 262 g/mol. The van der Waals surface area contributed by atoms with E-state index in [-0.39, 0.29) is 12.8 Å². The summed E-state index contributed by atoms with van der Waals surface area (Å²) in [5, 5.41) is 9.58. The predicted molar refractivity (Wildman–Crippen MR) is 43.5 cm³/mol. The first-order valence-corrected chi connectivity index (χ1v) is 4.38. The minimum atomic E-state index is -5.68. The number of nitrogens with zero attached hydrogens (tertiary/aromatic N) is 1. The van der Waals surface area contributed by atoms with Crippen LogP contribution in [-0.4, -0.2) is 24.8 Å². The van der Waals surface area contributed by atoms with E-state index in [2.05, 4.69) is 0 Å². The molecule has 1 N–H and O–H groups in total. The zero-order chi connectivity index (χ0) is 13.7. The summed E-state index contributed by atoms with van der Waals surface area (Å²) < 4.78 is 72.1. The molecule has 0 aromatic carbocycles. The summed E-state index contributed by atoms with van der Waals surface area (Å²) in [6.07, 6.45) is -11.4. The van der Waals surface area contributed by atoms with Gasteiger partial charge >= 0.3 is 12.4 Å². The number of carbonyl (C=O) groups is 1. The summed E-state index contributed by atoms with van der Waals surface area (Å²) in [4.78, 5) is 10.8. The first kappa shape index (κ1) is 15.5. The molecule has 98 valence electrons. The Hall–Kier alpha value is -1.46. The SMILES string of the molecule is N#CCCCNC(=O)C(C(F)(F)F)C(F)(F)F. The third kappa shape index (κ3) is 5.42. The van der Waals surface area contributed by atoms with Crippen molar-refractivity contribution in [1.29, 1.82) is 5.26 Å². The van der Waals surface area contributed by atoms with Gasteiger partial charge in [-0.15, -0.1) is 0 Å². The van der Waals surface area contributed by atoms with Crippen LogP contribution in [0.3, 0.4) is 0 Å². The van der Waals surface area contributed by atoms with Crippen LogP contribution < -0.4 is 5.32 Å².